The molecule has 1 aliphatic carbocycles. The van der Waals surface area contributed by atoms with E-state index < -0.39 is 11.0 Å². The van der Waals surface area contributed by atoms with Gasteiger partial charge in [-0.05, 0) is 63.9 Å². The number of amides is 1. The third kappa shape index (κ3) is 7.79. The lowest BCUT2D eigenvalue weighted by molar-refractivity contribution is -0.161. The number of nitrogens with zero attached hydrogens (tertiary/aromatic N) is 2. The zero-order valence-corrected chi connectivity index (χ0v) is 23.6. The van der Waals surface area contributed by atoms with E-state index in [2.05, 4.69) is 46.3 Å². The van der Waals surface area contributed by atoms with Crippen LogP contribution in [-0.4, -0.2) is 66.0 Å². The molecule has 0 spiro atoms. The summed E-state index contributed by atoms with van der Waals surface area (Å²) in [6.07, 6.45) is 9.03. The SMILES string of the molecule is C[C@H]1CN(Cc2ccccc2)C[C@]1(CC(=O)OC(C)(C)C)C(=O)NC1CCN(CC2CCCCC2)CC1. The Labute approximate surface area is 224 Å². The highest BCUT2D eigenvalue weighted by atomic mass is 16.6. The number of likely N-dealkylation sites (tertiary alicyclic amines) is 2. The summed E-state index contributed by atoms with van der Waals surface area (Å²) in [5.74, 6) is 0.674. The van der Waals surface area contributed by atoms with E-state index in [0.717, 1.165) is 44.9 Å². The molecule has 1 saturated carbocycles. The fourth-order valence-corrected chi connectivity index (χ4v) is 6.71. The molecule has 0 bridgehead atoms. The van der Waals surface area contributed by atoms with E-state index in [9.17, 15) is 9.59 Å². The van der Waals surface area contributed by atoms with Crippen molar-refractivity contribution in [2.75, 3.05) is 32.7 Å². The van der Waals surface area contributed by atoms with Crippen LogP contribution in [0.4, 0.5) is 0 Å². The van der Waals surface area contributed by atoms with E-state index in [-0.39, 0.29) is 30.3 Å². The Morgan fingerprint density at radius 2 is 1.68 bits per heavy atom. The van der Waals surface area contributed by atoms with Gasteiger partial charge in [-0.15, -0.1) is 0 Å². The molecule has 6 heteroatoms. The van der Waals surface area contributed by atoms with Crippen LogP contribution in [0.3, 0.4) is 0 Å². The van der Waals surface area contributed by atoms with Crippen molar-refractivity contribution in [2.45, 2.75) is 97.2 Å². The molecule has 2 saturated heterocycles. The second kappa shape index (κ2) is 12.3. The molecule has 6 nitrogen and oxygen atoms in total. The first kappa shape index (κ1) is 28.1. The summed E-state index contributed by atoms with van der Waals surface area (Å²) in [7, 11) is 0. The maximum atomic E-state index is 14.0. The minimum absolute atomic E-state index is 0.0344. The van der Waals surface area contributed by atoms with Gasteiger partial charge in [-0.3, -0.25) is 14.5 Å². The van der Waals surface area contributed by atoms with E-state index in [1.165, 1.54) is 44.2 Å². The molecule has 2 aliphatic heterocycles. The van der Waals surface area contributed by atoms with Gasteiger partial charge in [0.05, 0.1) is 11.8 Å². The van der Waals surface area contributed by atoms with Gasteiger partial charge in [0.2, 0.25) is 5.91 Å². The Balaban J connectivity index is 1.39. The van der Waals surface area contributed by atoms with Gasteiger partial charge in [-0.2, -0.15) is 0 Å². The summed E-state index contributed by atoms with van der Waals surface area (Å²) in [5, 5.41) is 3.41. The van der Waals surface area contributed by atoms with Crippen LogP contribution in [0.25, 0.3) is 0 Å². The van der Waals surface area contributed by atoms with Crippen LogP contribution < -0.4 is 5.32 Å². The molecule has 3 aliphatic rings. The molecular formula is C31H49N3O3. The number of hydrogen-bond donors (Lipinski definition) is 1. The summed E-state index contributed by atoms with van der Waals surface area (Å²) in [6.45, 7) is 13.3. The largest absolute Gasteiger partial charge is 0.460 e. The molecule has 0 radical (unpaired) electrons. The molecule has 1 amide bonds. The molecule has 0 aromatic heterocycles. The summed E-state index contributed by atoms with van der Waals surface area (Å²) in [5.41, 5.74) is -0.101. The van der Waals surface area contributed by atoms with Gasteiger partial charge in [0.15, 0.2) is 0 Å². The normalized spacial score (nSPS) is 26.8. The predicted octanol–water partition coefficient (Wildman–Crippen LogP) is 5.02. The smallest absolute Gasteiger partial charge is 0.307 e. The number of nitrogens with one attached hydrogen (secondary N) is 1. The first-order valence-electron chi connectivity index (χ1n) is 14.6. The average Bonchev–Trinajstić information content (AvgIpc) is 3.15. The van der Waals surface area contributed by atoms with Crippen molar-refractivity contribution in [1.82, 2.24) is 15.1 Å². The van der Waals surface area contributed by atoms with Crippen LogP contribution in [0.1, 0.15) is 84.6 Å². The standard InChI is InChI=1S/C31H49N3O3/c1-24-20-34(22-26-13-9-6-10-14-26)23-31(24,19-28(35)37-30(2,3)4)29(36)32-27-15-17-33(18-16-27)21-25-11-7-5-8-12-25/h6,9-10,13-14,24-25,27H,5,7-8,11-12,15-23H2,1-4H3,(H,32,36)/t24-,31-/m0/s1. The highest BCUT2D eigenvalue weighted by Crippen LogP contribution is 2.41. The van der Waals surface area contributed by atoms with Crippen molar-refractivity contribution >= 4 is 11.9 Å². The number of rotatable bonds is 8. The maximum absolute atomic E-state index is 14.0. The minimum Gasteiger partial charge on any atom is -0.460 e. The quantitative estimate of drug-likeness (QED) is 0.497. The summed E-state index contributed by atoms with van der Waals surface area (Å²) in [6, 6.07) is 10.6. The number of ether oxygens (including phenoxy) is 1. The number of hydrogen-bond acceptors (Lipinski definition) is 5. The fraction of sp³-hybridized carbons (Fsp3) is 0.742. The molecule has 2 atom stereocenters. The van der Waals surface area contributed by atoms with Crippen molar-refractivity contribution in [2.24, 2.45) is 17.3 Å². The van der Waals surface area contributed by atoms with Crippen LogP contribution in [0.2, 0.25) is 0 Å². The molecule has 206 valence electrons. The zero-order chi connectivity index (χ0) is 26.5. The van der Waals surface area contributed by atoms with Crippen LogP contribution in [0.5, 0.6) is 0 Å². The number of piperidine rings is 1. The summed E-state index contributed by atoms with van der Waals surface area (Å²) in [4.78, 5) is 32.0. The van der Waals surface area contributed by atoms with Crippen molar-refractivity contribution in [3.05, 3.63) is 35.9 Å². The Bertz CT molecular complexity index is 885. The van der Waals surface area contributed by atoms with Crippen LogP contribution in [0.15, 0.2) is 30.3 Å². The fourth-order valence-electron chi connectivity index (χ4n) is 6.71. The number of carbonyl (C=O) groups is 2. The van der Waals surface area contributed by atoms with Crippen LogP contribution in [0, 0.1) is 17.3 Å². The Morgan fingerprint density at radius 3 is 2.32 bits per heavy atom. The van der Waals surface area contributed by atoms with Gasteiger partial charge in [0.1, 0.15) is 5.60 Å². The predicted molar refractivity (Wildman–Crippen MR) is 148 cm³/mol. The molecule has 0 unspecified atom stereocenters. The van der Waals surface area contributed by atoms with Gasteiger partial charge < -0.3 is 15.0 Å². The summed E-state index contributed by atoms with van der Waals surface area (Å²) >= 11 is 0. The van der Waals surface area contributed by atoms with Crippen molar-refractivity contribution < 1.29 is 14.3 Å². The van der Waals surface area contributed by atoms with Gasteiger partial charge >= 0.3 is 5.97 Å². The topological polar surface area (TPSA) is 61.9 Å². The first-order valence-corrected chi connectivity index (χ1v) is 14.6. The highest BCUT2D eigenvalue weighted by molar-refractivity contribution is 5.88. The Hall–Kier alpha value is -1.92. The first-order chi connectivity index (χ1) is 17.6. The molecule has 2 heterocycles. The molecule has 1 aromatic rings. The molecule has 3 fully saturated rings. The second-order valence-electron chi connectivity index (χ2n) is 13.0. The van der Waals surface area contributed by atoms with E-state index in [0.29, 0.717) is 6.54 Å². The monoisotopic (exact) mass is 511 g/mol. The van der Waals surface area contributed by atoms with Crippen LogP contribution >= 0.6 is 0 Å². The van der Waals surface area contributed by atoms with Gasteiger partial charge in [-0.1, -0.05) is 56.5 Å². The lowest BCUT2D eigenvalue weighted by Crippen LogP contribution is -2.53. The van der Waals surface area contributed by atoms with Gasteiger partial charge in [0.25, 0.3) is 0 Å². The van der Waals surface area contributed by atoms with Gasteiger partial charge in [-0.25, -0.2) is 0 Å². The number of carbonyl (C=O) groups excluding carboxylic acids is 2. The minimum atomic E-state index is -0.768. The van der Waals surface area contributed by atoms with Gasteiger partial charge in [0, 0.05) is 45.3 Å². The van der Waals surface area contributed by atoms with Crippen molar-refractivity contribution in [1.29, 1.82) is 0 Å². The third-order valence-corrected chi connectivity index (χ3v) is 8.73. The molecule has 1 aromatic carbocycles. The summed E-state index contributed by atoms with van der Waals surface area (Å²) < 4.78 is 5.71. The van der Waals surface area contributed by atoms with Crippen molar-refractivity contribution in [3.8, 4) is 0 Å². The lowest BCUT2D eigenvalue weighted by Gasteiger charge is -2.38. The van der Waals surface area contributed by atoms with E-state index >= 15 is 0 Å². The molecule has 37 heavy (non-hydrogen) atoms. The maximum Gasteiger partial charge on any atom is 0.307 e. The molecule has 1 N–H and O–H groups in total. The van der Waals surface area contributed by atoms with E-state index in [1.807, 2.05) is 26.8 Å². The highest BCUT2D eigenvalue weighted by Gasteiger charge is 2.52. The van der Waals surface area contributed by atoms with Crippen molar-refractivity contribution in [3.63, 3.8) is 0 Å². The third-order valence-electron chi connectivity index (χ3n) is 8.73. The molecular weight excluding hydrogens is 462 g/mol. The molecule has 4 rings (SSSR count). The second-order valence-corrected chi connectivity index (χ2v) is 13.0. The number of benzene rings is 1. The number of esters is 1. The van der Waals surface area contributed by atoms with Crippen LogP contribution in [-0.2, 0) is 20.9 Å². The van der Waals surface area contributed by atoms with E-state index in [4.69, 9.17) is 4.74 Å². The Kier molecular flexibility index (Phi) is 9.33. The average molecular weight is 512 g/mol. The Morgan fingerprint density at radius 1 is 1.00 bits per heavy atom. The lowest BCUT2D eigenvalue weighted by atomic mass is 9.75. The zero-order valence-electron chi connectivity index (χ0n) is 23.6. The van der Waals surface area contributed by atoms with E-state index in [1.54, 1.807) is 0 Å².